The van der Waals surface area contributed by atoms with Crippen molar-refractivity contribution >= 4 is 21.4 Å². The summed E-state index contributed by atoms with van der Waals surface area (Å²) < 4.78 is 25.3. The number of hydrogen-bond acceptors (Lipinski definition) is 4. The van der Waals surface area contributed by atoms with Crippen molar-refractivity contribution in [3.8, 4) is 0 Å². The molecule has 14 heavy (non-hydrogen) atoms. The highest BCUT2D eigenvalue weighted by molar-refractivity contribution is 7.89. The molecule has 0 saturated carbocycles. The van der Waals surface area contributed by atoms with Crippen molar-refractivity contribution in [1.29, 1.82) is 0 Å². The normalized spacial score (nSPS) is 11.9. The van der Waals surface area contributed by atoms with Gasteiger partial charge >= 0.3 is 0 Å². The predicted molar refractivity (Wildman–Crippen MR) is 57.9 cm³/mol. The fourth-order valence-corrected chi connectivity index (χ4v) is 3.18. The van der Waals surface area contributed by atoms with E-state index in [9.17, 15) is 8.42 Å². The Morgan fingerprint density at radius 1 is 1.50 bits per heavy atom. The average Bonchev–Trinajstić information content (AvgIpc) is 2.63. The van der Waals surface area contributed by atoms with Crippen LogP contribution in [0.25, 0.3) is 0 Å². The molecule has 0 aliphatic heterocycles. The third kappa shape index (κ3) is 2.54. The second-order valence-corrected chi connectivity index (χ2v) is 5.55. The van der Waals surface area contributed by atoms with Gasteiger partial charge in [0.15, 0.2) is 0 Å². The molecule has 1 aromatic heterocycles. The molecule has 0 atom stereocenters. The highest BCUT2D eigenvalue weighted by Gasteiger charge is 2.16. The summed E-state index contributed by atoms with van der Waals surface area (Å²) >= 11 is 1.45. The molecule has 0 unspecified atom stereocenters. The van der Waals surface area contributed by atoms with E-state index in [1.54, 1.807) is 11.4 Å². The monoisotopic (exact) mass is 234 g/mol. The first kappa shape index (κ1) is 11.6. The molecule has 80 valence electrons. The molecule has 2 N–H and O–H groups in total. The van der Waals surface area contributed by atoms with Crippen LogP contribution in [-0.4, -0.2) is 22.0 Å². The molecule has 0 aliphatic rings. The Labute approximate surface area is 88.4 Å². The summed E-state index contributed by atoms with van der Waals surface area (Å²) in [6.07, 6.45) is 0. The van der Waals surface area contributed by atoms with Gasteiger partial charge in [-0.1, -0.05) is 6.92 Å². The van der Waals surface area contributed by atoms with Crippen molar-refractivity contribution < 1.29 is 8.42 Å². The van der Waals surface area contributed by atoms with E-state index in [2.05, 4.69) is 10.0 Å². The van der Waals surface area contributed by atoms with E-state index in [0.29, 0.717) is 11.4 Å². The average molecular weight is 234 g/mol. The minimum atomic E-state index is -3.30. The molecule has 0 saturated heterocycles. The van der Waals surface area contributed by atoms with Gasteiger partial charge in [-0.15, -0.1) is 11.3 Å². The lowest BCUT2D eigenvalue weighted by Crippen LogP contribution is -2.20. The summed E-state index contributed by atoms with van der Waals surface area (Å²) in [4.78, 5) is 1.23. The molecule has 0 radical (unpaired) electrons. The predicted octanol–water partition coefficient (Wildman–Crippen LogP) is 0.766. The maximum atomic E-state index is 11.5. The van der Waals surface area contributed by atoms with Crippen LogP contribution in [0.3, 0.4) is 0 Å². The Kier molecular flexibility index (Phi) is 4.06. The molecule has 0 spiro atoms. The Morgan fingerprint density at radius 2 is 2.21 bits per heavy atom. The number of nitrogens with one attached hydrogen (secondary N) is 2. The first-order valence-electron chi connectivity index (χ1n) is 4.32. The van der Waals surface area contributed by atoms with Gasteiger partial charge in [0.1, 0.15) is 0 Å². The summed E-state index contributed by atoms with van der Waals surface area (Å²) in [5.74, 6) is 0. The zero-order chi connectivity index (χ0) is 10.6. The summed E-state index contributed by atoms with van der Waals surface area (Å²) in [5, 5.41) is 4.89. The van der Waals surface area contributed by atoms with Gasteiger partial charge in [0, 0.05) is 11.4 Å². The lowest BCUT2D eigenvalue weighted by Gasteiger charge is -2.04. The van der Waals surface area contributed by atoms with E-state index in [-0.39, 0.29) is 0 Å². The van der Waals surface area contributed by atoms with Crippen molar-refractivity contribution in [2.24, 2.45) is 0 Å². The molecule has 0 amide bonds. The molecular formula is C8H14N2O2S2. The van der Waals surface area contributed by atoms with E-state index >= 15 is 0 Å². The second kappa shape index (κ2) is 4.88. The molecule has 1 rings (SSSR count). The Balaban J connectivity index is 2.93. The maximum absolute atomic E-state index is 11.5. The van der Waals surface area contributed by atoms with E-state index in [1.807, 2.05) is 6.92 Å². The Morgan fingerprint density at radius 3 is 2.79 bits per heavy atom. The van der Waals surface area contributed by atoms with Crippen molar-refractivity contribution in [2.45, 2.75) is 18.4 Å². The molecular weight excluding hydrogens is 220 g/mol. The summed E-state index contributed by atoms with van der Waals surface area (Å²) in [6.45, 7) is 3.42. The Hall–Kier alpha value is -0.430. The third-order valence-electron chi connectivity index (χ3n) is 1.80. The summed E-state index contributed by atoms with van der Waals surface area (Å²) in [7, 11) is -1.87. The van der Waals surface area contributed by atoms with Crippen molar-refractivity contribution in [3.63, 3.8) is 0 Å². The van der Waals surface area contributed by atoms with Crippen molar-refractivity contribution in [3.05, 3.63) is 16.3 Å². The smallest absolute Gasteiger partial charge is 0.241 e. The van der Waals surface area contributed by atoms with Crippen molar-refractivity contribution in [1.82, 2.24) is 10.0 Å². The highest BCUT2D eigenvalue weighted by atomic mass is 32.2. The van der Waals surface area contributed by atoms with Crippen LogP contribution in [0, 0.1) is 0 Å². The second-order valence-electron chi connectivity index (χ2n) is 2.70. The molecule has 1 aromatic rings. The van der Waals surface area contributed by atoms with Crippen LogP contribution in [0.1, 0.15) is 11.8 Å². The molecule has 0 aliphatic carbocycles. The van der Waals surface area contributed by atoms with E-state index in [4.69, 9.17) is 0 Å². The number of hydrogen-bond donors (Lipinski definition) is 2. The van der Waals surface area contributed by atoms with Crippen LogP contribution >= 0.6 is 11.3 Å². The van der Waals surface area contributed by atoms with Gasteiger partial charge in [-0.2, -0.15) is 0 Å². The zero-order valence-corrected chi connectivity index (χ0v) is 9.83. The first-order chi connectivity index (χ1) is 6.61. The first-order valence-corrected chi connectivity index (χ1v) is 6.68. The zero-order valence-electron chi connectivity index (χ0n) is 8.20. The highest BCUT2D eigenvalue weighted by Crippen LogP contribution is 2.21. The Bertz CT molecular complexity index is 384. The quantitative estimate of drug-likeness (QED) is 0.791. The van der Waals surface area contributed by atoms with Crippen LogP contribution in [0.15, 0.2) is 16.3 Å². The van der Waals surface area contributed by atoms with Gasteiger partial charge in [0.2, 0.25) is 10.0 Å². The largest absolute Gasteiger partial charge is 0.312 e. The van der Waals surface area contributed by atoms with Gasteiger partial charge in [-0.05, 0) is 25.0 Å². The topological polar surface area (TPSA) is 58.2 Å². The van der Waals surface area contributed by atoms with Gasteiger partial charge in [0.05, 0.1) is 4.90 Å². The van der Waals surface area contributed by atoms with E-state index in [0.717, 1.165) is 11.4 Å². The molecule has 0 aromatic carbocycles. The molecule has 4 nitrogen and oxygen atoms in total. The maximum Gasteiger partial charge on any atom is 0.241 e. The van der Waals surface area contributed by atoms with Gasteiger partial charge in [-0.25, -0.2) is 13.1 Å². The van der Waals surface area contributed by atoms with Gasteiger partial charge in [-0.3, -0.25) is 0 Å². The minimum Gasteiger partial charge on any atom is -0.312 e. The molecule has 0 fully saturated rings. The standard InChI is InChI=1S/C8H14N2O2S2/c1-3-10-6-7-8(4-5-13-7)14(11,12)9-2/h4-5,9-10H,3,6H2,1-2H3. The van der Waals surface area contributed by atoms with E-state index < -0.39 is 10.0 Å². The fourth-order valence-electron chi connectivity index (χ4n) is 1.05. The van der Waals surface area contributed by atoms with Crippen LogP contribution in [-0.2, 0) is 16.6 Å². The van der Waals surface area contributed by atoms with Crippen LogP contribution < -0.4 is 10.0 Å². The number of thiophene rings is 1. The number of sulfonamides is 1. The van der Waals surface area contributed by atoms with Crippen LogP contribution in [0.4, 0.5) is 0 Å². The summed E-state index contributed by atoms with van der Waals surface area (Å²) in [6, 6.07) is 1.63. The van der Waals surface area contributed by atoms with Gasteiger partial charge < -0.3 is 5.32 Å². The van der Waals surface area contributed by atoms with Crippen LogP contribution in [0.5, 0.6) is 0 Å². The lowest BCUT2D eigenvalue weighted by molar-refractivity contribution is 0.586. The van der Waals surface area contributed by atoms with Gasteiger partial charge in [0.25, 0.3) is 0 Å². The minimum absolute atomic E-state index is 0.381. The SMILES string of the molecule is CCNCc1sccc1S(=O)(=O)NC. The molecule has 6 heteroatoms. The molecule has 0 bridgehead atoms. The molecule has 1 heterocycles. The fraction of sp³-hybridized carbons (Fsp3) is 0.500. The summed E-state index contributed by atoms with van der Waals surface area (Å²) in [5.41, 5.74) is 0. The third-order valence-corrected chi connectivity index (χ3v) is 4.35. The lowest BCUT2D eigenvalue weighted by atomic mass is 10.4. The number of rotatable bonds is 5. The van der Waals surface area contributed by atoms with Crippen LogP contribution in [0.2, 0.25) is 0 Å². The van der Waals surface area contributed by atoms with Crippen molar-refractivity contribution in [2.75, 3.05) is 13.6 Å². The van der Waals surface area contributed by atoms with E-state index in [1.165, 1.54) is 18.4 Å².